The number of para-hydroxylation sites is 2. The molecule has 6 nitrogen and oxygen atoms in total. The first kappa shape index (κ1) is 12.6. The minimum atomic E-state index is -0.365. The molecule has 20 heavy (non-hydrogen) atoms. The van der Waals surface area contributed by atoms with Crippen LogP contribution in [0.25, 0.3) is 11.0 Å². The van der Waals surface area contributed by atoms with Crippen molar-refractivity contribution in [3.8, 4) is 0 Å². The zero-order valence-corrected chi connectivity index (χ0v) is 11.8. The number of pyridine rings is 1. The first-order valence-electron chi connectivity index (χ1n) is 5.80. The number of aromatic amines is 1. The summed E-state index contributed by atoms with van der Waals surface area (Å²) < 4.78 is 0.682. The molecule has 0 aliphatic carbocycles. The monoisotopic (exact) mass is 331 g/mol. The van der Waals surface area contributed by atoms with E-state index in [2.05, 4.69) is 36.2 Å². The van der Waals surface area contributed by atoms with Crippen LogP contribution in [0.2, 0.25) is 0 Å². The number of fused-ring (bicyclic) bond motifs is 1. The maximum Gasteiger partial charge on any atom is 0.261 e. The lowest BCUT2D eigenvalue weighted by Gasteiger charge is -2.04. The number of carbonyl (C=O) groups is 1. The van der Waals surface area contributed by atoms with Gasteiger partial charge in [-0.1, -0.05) is 12.1 Å². The Bertz CT molecular complexity index is 765. The number of anilines is 2. The molecule has 4 N–H and O–H groups in total. The molecule has 0 aliphatic rings. The fourth-order valence-corrected chi connectivity index (χ4v) is 2.15. The number of nitrogen functional groups attached to an aromatic ring is 1. The molecule has 0 unspecified atom stereocenters. The van der Waals surface area contributed by atoms with Crippen molar-refractivity contribution in [2.75, 3.05) is 11.1 Å². The zero-order valence-electron chi connectivity index (χ0n) is 10.2. The minimum Gasteiger partial charge on any atom is -0.383 e. The van der Waals surface area contributed by atoms with Crippen molar-refractivity contribution in [1.29, 1.82) is 0 Å². The van der Waals surface area contributed by atoms with Gasteiger partial charge in [-0.05, 0) is 34.1 Å². The first-order valence-corrected chi connectivity index (χ1v) is 6.60. The number of hydrogen-bond acceptors (Lipinski definition) is 4. The average molecular weight is 332 g/mol. The third-order valence-electron chi connectivity index (χ3n) is 2.75. The van der Waals surface area contributed by atoms with E-state index >= 15 is 0 Å². The van der Waals surface area contributed by atoms with Gasteiger partial charge < -0.3 is 10.7 Å². The van der Waals surface area contributed by atoms with Crippen LogP contribution in [0.1, 0.15) is 10.4 Å². The molecule has 0 aliphatic heterocycles. The summed E-state index contributed by atoms with van der Waals surface area (Å²) in [5.74, 6) is 0.174. The lowest BCUT2D eigenvalue weighted by Crippen LogP contribution is -2.15. The van der Waals surface area contributed by atoms with E-state index in [4.69, 9.17) is 5.73 Å². The van der Waals surface area contributed by atoms with Gasteiger partial charge in [0.05, 0.1) is 16.6 Å². The summed E-state index contributed by atoms with van der Waals surface area (Å²) in [5, 5.41) is 2.67. The number of rotatable bonds is 2. The summed E-state index contributed by atoms with van der Waals surface area (Å²) >= 11 is 3.26. The van der Waals surface area contributed by atoms with Crippen molar-refractivity contribution >= 4 is 44.6 Å². The minimum absolute atomic E-state index is 0.168. The van der Waals surface area contributed by atoms with Crippen LogP contribution in [0.3, 0.4) is 0 Å². The fraction of sp³-hybridized carbons (Fsp3) is 0. The van der Waals surface area contributed by atoms with Crippen molar-refractivity contribution in [3.05, 3.63) is 46.6 Å². The van der Waals surface area contributed by atoms with Crippen LogP contribution >= 0.6 is 15.9 Å². The second kappa shape index (κ2) is 4.93. The van der Waals surface area contributed by atoms with Crippen LogP contribution in [-0.4, -0.2) is 20.9 Å². The quantitative estimate of drug-likeness (QED) is 0.672. The number of imidazole rings is 1. The van der Waals surface area contributed by atoms with Crippen LogP contribution in [0, 0.1) is 0 Å². The van der Waals surface area contributed by atoms with E-state index in [1.807, 2.05) is 24.3 Å². The number of nitrogens with zero attached hydrogens (tertiary/aromatic N) is 2. The summed E-state index contributed by atoms with van der Waals surface area (Å²) in [6.07, 6.45) is 1.54. The Morgan fingerprint density at radius 3 is 2.95 bits per heavy atom. The van der Waals surface area contributed by atoms with Crippen LogP contribution < -0.4 is 11.1 Å². The number of nitrogens with one attached hydrogen (secondary N) is 2. The van der Waals surface area contributed by atoms with E-state index in [1.165, 1.54) is 6.20 Å². The molecule has 0 atom stereocenters. The molecule has 3 aromatic rings. The number of amides is 1. The number of benzene rings is 1. The third-order valence-corrected chi connectivity index (χ3v) is 3.18. The Hall–Kier alpha value is -2.41. The SMILES string of the molecule is Nc1ncc(Br)cc1C(=O)Nc1nc2ccccc2[nH]1. The fourth-order valence-electron chi connectivity index (χ4n) is 1.82. The van der Waals surface area contributed by atoms with Gasteiger partial charge in [0.25, 0.3) is 5.91 Å². The molecule has 2 heterocycles. The van der Waals surface area contributed by atoms with Gasteiger partial charge >= 0.3 is 0 Å². The van der Waals surface area contributed by atoms with Gasteiger partial charge in [-0.2, -0.15) is 0 Å². The lowest BCUT2D eigenvalue weighted by molar-refractivity contribution is 0.102. The summed E-state index contributed by atoms with van der Waals surface area (Å²) in [6, 6.07) is 9.12. The van der Waals surface area contributed by atoms with Crippen LogP contribution in [0.5, 0.6) is 0 Å². The summed E-state index contributed by atoms with van der Waals surface area (Å²) in [5.41, 5.74) is 7.62. The van der Waals surface area contributed by atoms with E-state index in [0.29, 0.717) is 16.0 Å². The highest BCUT2D eigenvalue weighted by Gasteiger charge is 2.13. The van der Waals surface area contributed by atoms with Gasteiger partial charge in [0.15, 0.2) is 0 Å². The molecule has 3 rings (SSSR count). The number of halogens is 1. The van der Waals surface area contributed by atoms with E-state index in [1.54, 1.807) is 6.07 Å². The van der Waals surface area contributed by atoms with Crippen molar-refractivity contribution in [2.45, 2.75) is 0 Å². The van der Waals surface area contributed by atoms with Gasteiger partial charge in [-0.3, -0.25) is 10.1 Å². The largest absolute Gasteiger partial charge is 0.383 e. The van der Waals surface area contributed by atoms with Gasteiger partial charge in [0.2, 0.25) is 5.95 Å². The normalized spacial score (nSPS) is 10.7. The smallest absolute Gasteiger partial charge is 0.261 e. The van der Waals surface area contributed by atoms with E-state index in [9.17, 15) is 4.79 Å². The van der Waals surface area contributed by atoms with Gasteiger partial charge in [0.1, 0.15) is 5.82 Å². The molecule has 0 spiro atoms. The van der Waals surface area contributed by atoms with Gasteiger partial charge in [-0.15, -0.1) is 0 Å². The van der Waals surface area contributed by atoms with E-state index in [-0.39, 0.29) is 11.7 Å². The zero-order chi connectivity index (χ0) is 14.1. The van der Waals surface area contributed by atoms with Crippen molar-refractivity contribution in [2.24, 2.45) is 0 Å². The number of H-pyrrole nitrogens is 1. The van der Waals surface area contributed by atoms with Crippen molar-refractivity contribution in [1.82, 2.24) is 15.0 Å². The molecule has 0 saturated carbocycles. The Labute approximate surface area is 122 Å². The summed E-state index contributed by atoms with van der Waals surface area (Å²) in [6.45, 7) is 0. The third kappa shape index (κ3) is 2.35. The molecule has 2 aromatic heterocycles. The maximum absolute atomic E-state index is 12.2. The maximum atomic E-state index is 12.2. The van der Waals surface area contributed by atoms with Crippen LogP contribution in [0.15, 0.2) is 41.0 Å². The second-order valence-corrected chi connectivity index (χ2v) is 5.06. The average Bonchev–Trinajstić information content (AvgIpc) is 2.83. The molecule has 1 aromatic carbocycles. The van der Waals surface area contributed by atoms with Crippen LogP contribution in [-0.2, 0) is 0 Å². The molecular weight excluding hydrogens is 322 g/mol. The standard InChI is InChI=1S/C13H10BrN5O/c14-7-5-8(11(15)16-6-7)12(20)19-13-17-9-3-1-2-4-10(9)18-13/h1-6H,(H2,15,16)(H2,17,18,19,20). The highest BCUT2D eigenvalue weighted by molar-refractivity contribution is 9.10. The topological polar surface area (TPSA) is 96.7 Å². The highest BCUT2D eigenvalue weighted by Crippen LogP contribution is 2.18. The van der Waals surface area contributed by atoms with Crippen LogP contribution in [0.4, 0.5) is 11.8 Å². The van der Waals surface area contributed by atoms with Crippen molar-refractivity contribution in [3.63, 3.8) is 0 Å². The molecular formula is C13H10BrN5O. The lowest BCUT2D eigenvalue weighted by atomic mass is 10.2. The molecule has 100 valence electrons. The molecule has 0 bridgehead atoms. The molecule has 0 fully saturated rings. The number of hydrogen-bond donors (Lipinski definition) is 3. The van der Waals surface area contributed by atoms with Gasteiger partial charge in [0, 0.05) is 10.7 Å². The number of aromatic nitrogens is 3. The van der Waals surface area contributed by atoms with E-state index in [0.717, 1.165) is 11.0 Å². The molecule has 1 amide bonds. The molecule has 7 heteroatoms. The van der Waals surface area contributed by atoms with Gasteiger partial charge in [-0.25, -0.2) is 9.97 Å². The summed E-state index contributed by atoms with van der Waals surface area (Å²) in [4.78, 5) is 23.4. The number of nitrogens with two attached hydrogens (primary N) is 1. The van der Waals surface area contributed by atoms with E-state index < -0.39 is 0 Å². The molecule has 0 saturated heterocycles. The Kier molecular flexibility index (Phi) is 3.11. The van der Waals surface area contributed by atoms with Crippen molar-refractivity contribution < 1.29 is 4.79 Å². The second-order valence-electron chi connectivity index (χ2n) is 4.14. The Balaban J connectivity index is 1.90. The summed E-state index contributed by atoms with van der Waals surface area (Å²) in [7, 11) is 0. The molecule has 0 radical (unpaired) electrons. The predicted molar refractivity (Wildman–Crippen MR) is 80.4 cm³/mol. The Morgan fingerprint density at radius 1 is 1.35 bits per heavy atom. The predicted octanol–water partition coefficient (Wildman–Crippen LogP) is 2.55. The Morgan fingerprint density at radius 2 is 2.15 bits per heavy atom. The highest BCUT2D eigenvalue weighted by atomic mass is 79.9. The first-order chi connectivity index (χ1) is 9.63. The number of carbonyl (C=O) groups excluding carboxylic acids is 1.